The first-order valence-electron chi connectivity index (χ1n) is 4.15. The van der Waals surface area contributed by atoms with Crippen LogP contribution in [0.3, 0.4) is 0 Å². The minimum absolute atomic E-state index is 0.131. The van der Waals surface area contributed by atoms with Crippen molar-refractivity contribution in [3.05, 3.63) is 12.7 Å². The van der Waals surface area contributed by atoms with Crippen LogP contribution in [0.25, 0.3) is 0 Å². The lowest BCUT2D eigenvalue weighted by molar-refractivity contribution is -0.143. The molecule has 0 spiro atoms. The summed E-state index contributed by atoms with van der Waals surface area (Å²) in [4.78, 5) is 12.9. The summed E-state index contributed by atoms with van der Waals surface area (Å²) in [6.07, 6.45) is 2.27. The highest BCUT2D eigenvalue weighted by Gasteiger charge is 2.02. The first kappa shape index (κ1) is 11.2. The Balaban J connectivity index is 3.39. The average Bonchev–Trinajstić information content (AvgIpc) is 2.02. The fraction of sp³-hybridized carbons (Fsp3) is 0.667. The number of likely N-dealkylation sites (N-methyl/N-ethyl adjacent to an activating group) is 1. The Hall–Kier alpha value is -0.830. The fourth-order valence-corrected chi connectivity index (χ4v) is 0.827. The summed E-state index contributed by atoms with van der Waals surface area (Å²) in [6.45, 7) is 7.41. The molecule has 0 atom stereocenters. The van der Waals surface area contributed by atoms with Gasteiger partial charge < -0.3 is 9.64 Å². The molecule has 0 aliphatic carbocycles. The Kier molecular flexibility index (Phi) is 6.38. The Morgan fingerprint density at radius 3 is 2.83 bits per heavy atom. The first-order valence-corrected chi connectivity index (χ1v) is 4.15. The van der Waals surface area contributed by atoms with E-state index < -0.39 is 0 Å². The molecule has 0 fully saturated rings. The minimum atomic E-state index is -0.131. The summed E-state index contributed by atoms with van der Waals surface area (Å²) in [5, 5.41) is 0. The monoisotopic (exact) mass is 171 g/mol. The van der Waals surface area contributed by atoms with Gasteiger partial charge in [-0.05, 0) is 14.0 Å². The van der Waals surface area contributed by atoms with Crippen LogP contribution in [0.1, 0.15) is 13.3 Å². The molecule has 12 heavy (non-hydrogen) atoms. The number of ether oxygens (including phenoxy) is 1. The Bertz CT molecular complexity index is 145. The van der Waals surface area contributed by atoms with Crippen molar-refractivity contribution in [2.24, 2.45) is 0 Å². The van der Waals surface area contributed by atoms with Crippen LogP contribution in [-0.4, -0.2) is 37.6 Å². The molecule has 0 bridgehead atoms. The minimum Gasteiger partial charge on any atom is -0.466 e. The van der Waals surface area contributed by atoms with Gasteiger partial charge in [0.2, 0.25) is 0 Å². The highest BCUT2D eigenvalue weighted by Crippen LogP contribution is 1.90. The third-order valence-corrected chi connectivity index (χ3v) is 1.44. The van der Waals surface area contributed by atoms with Crippen LogP contribution in [0.5, 0.6) is 0 Å². The van der Waals surface area contributed by atoms with Crippen LogP contribution in [0.2, 0.25) is 0 Å². The van der Waals surface area contributed by atoms with Crippen molar-refractivity contribution in [3.8, 4) is 0 Å². The molecule has 0 aliphatic heterocycles. The van der Waals surface area contributed by atoms with E-state index in [2.05, 4.69) is 6.58 Å². The number of carbonyl (C=O) groups is 1. The van der Waals surface area contributed by atoms with E-state index in [4.69, 9.17) is 4.74 Å². The van der Waals surface area contributed by atoms with E-state index in [1.807, 2.05) is 24.9 Å². The number of hydrogen-bond donors (Lipinski definition) is 0. The molecule has 0 radical (unpaired) electrons. The molecule has 3 nitrogen and oxygen atoms in total. The summed E-state index contributed by atoms with van der Waals surface area (Å²) in [5.41, 5.74) is 0. The summed E-state index contributed by atoms with van der Waals surface area (Å²) in [5.74, 6) is -0.131. The number of esters is 1. The third kappa shape index (κ3) is 5.92. The van der Waals surface area contributed by atoms with Crippen LogP contribution in [-0.2, 0) is 9.53 Å². The lowest BCUT2D eigenvalue weighted by atomic mass is 10.4. The molecule has 0 aromatic heterocycles. The Labute approximate surface area is 74.0 Å². The van der Waals surface area contributed by atoms with Gasteiger partial charge in [0, 0.05) is 13.1 Å². The van der Waals surface area contributed by atoms with E-state index in [0.717, 1.165) is 13.1 Å². The summed E-state index contributed by atoms with van der Waals surface area (Å²) >= 11 is 0. The molecule has 70 valence electrons. The molecule has 0 aliphatic rings. The van der Waals surface area contributed by atoms with E-state index in [-0.39, 0.29) is 5.97 Å². The normalized spacial score (nSPS) is 9.92. The molecule has 0 saturated heterocycles. The molecule has 0 N–H and O–H groups in total. The number of nitrogens with zero attached hydrogens (tertiary/aromatic N) is 1. The Morgan fingerprint density at radius 1 is 1.67 bits per heavy atom. The van der Waals surface area contributed by atoms with Gasteiger partial charge in [0.05, 0.1) is 13.0 Å². The van der Waals surface area contributed by atoms with E-state index >= 15 is 0 Å². The maximum Gasteiger partial charge on any atom is 0.307 e. The molecule has 0 amide bonds. The SMILES string of the molecule is C=CCN(C)CCC(=O)OCC. The van der Waals surface area contributed by atoms with E-state index in [0.29, 0.717) is 13.0 Å². The van der Waals surface area contributed by atoms with E-state index in [1.54, 1.807) is 0 Å². The van der Waals surface area contributed by atoms with Gasteiger partial charge in [0.1, 0.15) is 0 Å². The number of rotatable bonds is 6. The molecular weight excluding hydrogens is 154 g/mol. The van der Waals surface area contributed by atoms with Crippen molar-refractivity contribution in [3.63, 3.8) is 0 Å². The lowest BCUT2D eigenvalue weighted by Crippen LogP contribution is -2.22. The molecule has 0 aromatic carbocycles. The molecule has 0 aromatic rings. The van der Waals surface area contributed by atoms with Crippen LogP contribution < -0.4 is 0 Å². The maximum atomic E-state index is 10.9. The highest BCUT2D eigenvalue weighted by atomic mass is 16.5. The first-order chi connectivity index (χ1) is 5.70. The van der Waals surface area contributed by atoms with Gasteiger partial charge in [-0.2, -0.15) is 0 Å². The number of carbonyl (C=O) groups excluding carboxylic acids is 1. The predicted octanol–water partition coefficient (Wildman–Crippen LogP) is 1.06. The smallest absolute Gasteiger partial charge is 0.307 e. The lowest BCUT2D eigenvalue weighted by Gasteiger charge is -2.12. The van der Waals surface area contributed by atoms with Crippen molar-refractivity contribution in [1.82, 2.24) is 4.90 Å². The predicted molar refractivity (Wildman–Crippen MR) is 48.9 cm³/mol. The van der Waals surface area contributed by atoms with Gasteiger partial charge in [-0.3, -0.25) is 4.79 Å². The maximum absolute atomic E-state index is 10.9. The molecule has 0 saturated carbocycles. The van der Waals surface area contributed by atoms with Gasteiger partial charge in [0.25, 0.3) is 0 Å². The molecule has 0 heterocycles. The quantitative estimate of drug-likeness (QED) is 0.442. The van der Waals surface area contributed by atoms with Crippen molar-refractivity contribution in [1.29, 1.82) is 0 Å². The second-order valence-electron chi connectivity index (χ2n) is 2.61. The van der Waals surface area contributed by atoms with Gasteiger partial charge in [-0.1, -0.05) is 6.08 Å². The molecule has 0 unspecified atom stereocenters. The van der Waals surface area contributed by atoms with E-state index in [9.17, 15) is 4.79 Å². The fourth-order valence-electron chi connectivity index (χ4n) is 0.827. The zero-order valence-corrected chi connectivity index (χ0v) is 7.88. The van der Waals surface area contributed by atoms with Crippen molar-refractivity contribution < 1.29 is 9.53 Å². The average molecular weight is 171 g/mol. The zero-order valence-electron chi connectivity index (χ0n) is 7.88. The standard InChI is InChI=1S/C9H17NO2/c1-4-7-10(3)8-6-9(11)12-5-2/h4H,1,5-8H2,2-3H3. The number of hydrogen-bond acceptors (Lipinski definition) is 3. The third-order valence-electron chi connectivity index (χ3n) is 1.44. The molecular formula is C9H17NO2. The Morgan fingerprint density at radius 2 is 2.33 bits per heavy atom. The van der Waals surface area contributed by atoms with E-state index in [1.165, 1.54) is 0 Å². The van der Waals surface area contributed by atoms with Crippen LogP contribution in [0.4, 0.5) is 0 Å². The second kappa shape index (κ2) is 6.85. The van der Waals surface area contributed by atoms with Crippen molar-refractivity contribution in [2.45, 2.75) is 13.3 Å². The summed E-state index contributed by atoms with van der Waals surface area (Å²) in [6, 6.07) is 0. The van der Waals surface area contributed by atoms with Gasteiger partial charge in [-0.15, -0.1) is 6.58 Å². The largest absolute Gasteiger partial charge is 0.466 e. The zero-order chi connectivity index (χ0) is 9.40. The van der Waals surface area contributed by atoms with Crippen LogP contribution in [0.15, 0.2) is 12.7 Å². The molecule has 0 rings (SSSR count). The topological polar surface area (TPSA) is 29.5 Å². The van der Waals surface area contributed by atoms with Crippen molar-refractivity contribution in [2.75, 3.05) is 26.7 Å². The molecule has 3 heteroatoms. The van der Waals surface area contributed by atoms with Crippen LogP contribution >= 0.6 is 0 Å². The van der Waals surface area contributed by atoms with Gasteiger partial charge in [-0.25, -0.2) is 0 Å². The van der Waals surface area contributed by atoms with Gasteiger partial charge >= 0.3 is 5.97 Å². The highest BCUT2D eigenvalue weighted by molar-refractivity contribution is 5.69. The van der Waals surface area contributed by atoms with Crippen LogP contribution in [0, 0.1) is 0 Å². The summed E-state index contributed by atoms with van der Waals surface area (Å²) in [7, 11) is 1.95. The summed E-state index contributed by atoms with van der Waals surface area (Å²) < 4.78 is 4.78. The second-order valence-corrected chi connectivity index (χ2v) is 2.61. The van der Waals surface area contributed by atoms with Crippen molar-refractivity contribution >= 4 is 5.97 Å². The van der Waals surface area contributed by atoms with Gasteiger partial charge in [0.15, 0.2) is 0 Å².